The zero-order valence-electron chi connectivity index (χ0n) is 24.0. The van der Waals surface area contributed by atoms with Crippen LogP contribution in [0.25, 0.3) is 0 Å². The van der Waals surface area contributed by atoms with Crippen LogP contribution in [0.2, 0.25) is 0 Å². The van der Waals surface area contributed by atoms with Crippen molar-refractivity contribution in [2.75, 3.05) is 13.2 Å². The van der Waals surface area contributed by atoms with E-state index in [4.69, 9.17) is 13.9 Å². The van der Waals surface area contributed by atoms with Crippen molar-refractivity contribution < 1.29 is 44.9 Å². The molecule has 2 unspecified atom stereocenters. The van der Waals surface area contributed by atoms with Gasteiger partial charge in [0, 0.05) is 35.4 Å². The zero-order valence-corrected chi connectivity index (χ0v) is 26.5. The Labute approximate surface area is 237 Å². The molecule has 0 aliphatic carbocycles. The van der Waals surface area contributed by atoms with E-state index in [9.17, 15) is 14.7 Å². The van der Waals surface area contributed by atoms with Gasteiger partial charge in [-0.15, -0.1) is 0 Å². The highest BCUT2D eigenvalue weighted by Gasteiger charge is 2.51. The van der Waals surface area contributed by atoms with E-state index >= 15 is 0 Å². The molecule has 1 aromatic heterocycles. The Morgan fingerprint density at radius 3 is 1.87 bits per heavy atom. The Morgan fingerprint density at radius 1 is 0.974 bits per heavy atom. The third-order valence-electron chi connectivity index (χ3n) is 5.75. The first-order valence-electron chi connectivity index (χ1n) is 12.7. The number of nitro benzene ring substituents is 1. The maximum Gasteiger partial charge on any atom is 0.350 e. The monoisotopic (exact) mass is 615 g/mol. The largest absolute Gasteiger partial charge is 1.00 e. The summed E-state index contributed by atoms with van der Waals surface area (Å²) in [6, 6.07) is 10.5. The molecule has 9 nitrogen and oxygen atoms in total. The summed E-state index contributed by atoms with van der Waals surface area (Å²) in [4.78, 5) is 17.0. The highest BCUT2D eigenvalue weighted by atomic mass is 79.9. The van der Waals surface area contributed by atoms with Gasteiger partial charge in [-0.05, 0) is 64.7 Å². The predicted octanol–water partition coefficient (Wildman–Crippen LogP) is 3.67. The lowest BCUT2D eigenvalue weighted by atomic mass is 9.94. The molecular formula is C27H43BrN3O6P. The number of hydrogen-bond acceptors (Lipinski definition) is 7. The molecule has 11 heteroatoms. The Kier molecular flexibility index (Phi) is 12.7. The first-order chi connectivity index (χ1) is 17.1. The molecule has 38 heavy (non-hydrogen) atoms. The molecule has 1 heterocycles. The quantitative estimate of drug-likeness (QED) is 0.156. The summed E-state index contributed by atoms with van der Waals surface area (Å²) in [5, 5.41) is 12.7. The molecule has 0 saturated carbocycles. The van der Waals surface area contributed by atoms with Crippen LogP contribution < -0.4 is 21.5 Å². The van der Waals surface area contributed by atoms with Crippen LogP contribution in [0, 0.1) is 15.5 Å². The number of hydrogen-bond donors (Lipinski definition) is 0. The van der Waals surface area contributed by atoms with Crippen LogP contribution in [0.1, 0.15) is 79.5 Å². The molecular weight excluding hydrogens is 573 g/mol. The highest BCUT2D eigenvalue weighted by Crippen LogP contribution is 2.61. The summed E-state index contributed by atoms with van der Waals surface area (Å²) in [6.07, 6.45) is 3.56. The van der Waals surface area contributed by atoms with Crippen molar-refractivity contribution in [1.29, 1.82) is 0 Å². The number of pyridine rings is 1. The summed E-state index contributed by atoms with van der Waals surface area (Å²) in [6.45, 7) is 18.8. The average Bonchev–Trinajstić information content (AvgIpc) is 2.78. The van der Waals surface area contributed by atoms with Gasteiger partial charge in [0.1, 0.15) is 11.9 Å². The zero-order chi connectivity index (χ0) is 28.0. The minimum atomic E-state index is -3.55. The lowest BCUT2D eigenvalue weighted by molar-refractivity contribution is -0.688. The average molecular weight is 617 g/mol. The lowest BCUT2D eigenvalue weighted by Gasteiger charge is -2.48. The molecule has 214 valence electrons. The number of halogens is 1. The van der Waals surface area contributed by atoms with Crippen LogP contribution in [0.5, 0.6) is 0 Å². The summed E-state index contributed by atoms with van der Waals surface area (Å²) in [7, 11) is -3.55. The van der Waals surface area contributed by atoms with Crippen molar-refractivity contribution in [1.82, 2.24) is 5.06 Å². The molecule has 2 rings (SSSR count). The van der Waals surface area contributed by atoms with E-state index < -0.39 is 29.3 Å². The van der Waals surface area contributed by atoms with Gasteiger partial charge < -0.3 is 26.0 Å². The third kappa shape index (κ3) is 9.21. The summed E-state index contributed by atoms with van der Waals surface area (Å²) in [5.74, 6) is -0.641. The Morgan fingerprint density at radius 2 is 1.47 bits per heavy atom. The number of nitrogens with zero attached hydrogens (tertiary/aromatic N) is 3. The van der Waals surface area contributed by atoms with Crippen LogP contribution in [0.15, 0.2) is 48.8 Å². The number of benzene rings is 1. The topological polar surface area (TPSA) is 95.0 Å². The normalized spacial score (nSPS) is 14.2. The number of aromatic nitrogens is 1. The highest BCUT2D eigenvalue weighted by molar-refractivity contribution is 7.54. The maximum atomic E-state index is 14.0. The predicted molar refractivity (Wildman–Crippen MR) is 144 cm³/mol. The molecule has 0 aliphatic heterocycles. The fourth-order valence-corrected chi connectivity index (χ4v) is 6.77. The van der Waals surface area contributed by atoms with E-state index in [0.29, 0.717) is 6.54 Å². The third-order valence-corrected chi connectivity index (χ3v) is 8.57. The van der Waals surface area contributed by atoms with Crippen molar-refractivity contribution in [3.8, 4) is 0 Å². The van der Waals surface area contributed by atoms with Crippen molar-refractivity contribution in [2.45, 2.75) is 86.3 Å². The molecule has 2 atom stereocenters. The number of non-ortho nitro benzene ring substituents is 1. The van der Waals surface area contributed by atoms with E-state index in [1.807, 2.05) is 91.4 Å². The van der Waals surface area contributed by atoms with Crippen LogP contribution >= 0.6 is 7.60 Å². The van der Waals surface area contributed by atoms with Crippen molar-refractivity contribution >= 4 is 13.3 Å². The van der Waals surface area contributed by atoms with Crippen molar-refractivity contribution in [3.63, 3.8) is 0 Å². The van der Waals surface area contributed by atoms with E-state index in [0.717, 1.165) is 11.1 Å². The number of hydroxylamine groups is 2. The van der Waals surface area contributed by atoms with Crippen LogP contribution in [0.4, 0.5) is 5.69 Å². The molecule has 0 N–H and O–H groups in total. The molecule has 1 aromatic carbocycles. The second-order valence-corrected chi connectivity index (χ2v) is 13.2. The standard InChI is InChI=1S/C27H43N3O6P.BrH/c1-10-34-37(33,35-11-2)25(26(4,5)6)29(27(7,8)9)36-21(3)23-16-18-28(19-17-23)20-22-12-14-24(15-13-22)30(31)32;/h12-19,21,25H,10-11,20H2,1-9H3;1H/q+1;/p-1. The van der Waals surface area contributed by atoms with Gasteiger partial charge in [-0.25, -0.2) is 4.57 Å². The van der Waals surface area contributed by atoms with E-state index in [1.165, 1.54) is 12.1 Å². The summed E-state index contributed by atoms with van der Waals surface area (Å²) in [5.41, 5.74) is 1.01. The molecule has 0 amide bonds. The summed E-state index contributed by atoms with van der Waals surface area (Å²) < 4.78 is 27.6. The van der Waals surface area contributed by atoms with Gasteiger partial charge >= 0.3 is 7.60 Å². The van der Waals surface area contributed by atoms with Gasteiger partial charge in [-0.3, -0.25) is 19.5 Å². The maximum absolute atomic E-state index is 14.0. The van der Waals surface area contributed by atoms with Crippen molar-refractivity contribution in [2.24, 2.45) is 5.41 Å². The first kappa shape index (κ1) is 34.3. The second kappa shape index (κ2) is 14.1. The molecule has 0 aliphatic rings. The Bertz CT molecular complexity index is 1060. The fourth-order valence-electron chi connectivity index (χ4n) is 4.09. The van der Waals surface area contributed by atoms with Gasteiger partial charge in [0.2, 0.25) is 0 Å². The van der Waals surface area contributed by atoms with E-state index in [2.05, 4.69) is 0 Å². The molecule has 0 saturated heterocycles. The number of nitro groups is 1. The van der Waals surface area contributed by atoms with E-state index in [1.54, 1.807) is 17.2 Å². The van der Waals surface area contributed by atoms with Gasteiger partial charge in [-0.2, -0.15) is 5.06 Å². The SMILES string of the molecule is CCOP(=O)(OCC)C(N(OC(C)c1cc[n+](Cc2ccc([N+](=O)[O-])cc2)cc1)C(C)(C)C)C(C)(C)C.[Br-]. The van der Waals surface area contributed by atoms with Crippen LogP contribution in [0.3, 0.4) is 0 Å². The second-order valence-electron chi connectivity index (χ2n) is 11.1. The first-order valence-corrected chi connectivity index (χ1v) is 14.3. The molecule has 0 bridgehead atoms. The molecule has 0 radical (unpaired) electrons. The molecule has 0 fully saturated rings. The Balaban J connectivity index is 0.00000722. The van der Waals surface area contributed by atoms with E-state index in [-0.39, 0.29) is 42.0 Å². The van der Waals surface area contributed by atoms with Crippen LogP contribution in [-0.4, -0.2) is 34.5 Å². The van der Waals surface area contributed by atoms with Crippen LogP contribution in [-0.2, 0) is 25.0 Å². The van der Waals surface area contributed by atoms with Gasteiger partial charge in [0.15, 0.2) is 18.9 Å². The molecule has 2 aromatic rings. The van der Waals surface area contributed by atoms with Gasteiger partial charge in [-0.1, -0.05) is 20.8 Å². The molecule has 0 spiro atoms. The minimum Gasteiger partial charge on any atom is -1.00 e. The number of rotatable bonds is 12. The Hall–Kier alpha value is -1.68. The summed E-state index contributed by atoms with van der Waals surface area (Å²) >= 11 is 0. The lowest BCUT2D eigenvalue weighted by Crippen LogP contribution is -3.00. The van der Waals surface area contributed by atoms with Crippen molar-refractivity contribution in [3.05, 3.63) is 70.0 Å². The fraction of sp³-hybridized carbons (Fsp3) is 0.593. The van der Waals surface area contributed by atoms with Gasteiger partial charge in [0.25, 0.3) is 5.69 Å². The van der Waals surface area contributed by atoms with Gasteiger partial charge in [0.05, 0.1) is 18.1 Å². The minimum absolute atomic E-state index is 0. The smallest absolute Gasteiger partial charge is 0.350 e.